The van der Waals surface area contributed by atoms with Crippen LogP contribution in [0.25, 0.3) is 55.5 Å². The van der Waals surface area contributed by atoms with Crippen LogP contribution in [0.15, 0.2) is 81.5 Å². The van der Waals surface area contributed by atoms with Crippen LogP contribution in [-0.4, -0.2) is 15.9 Å². The molecule has 0 amide bonds. The minimum absolute atomic E-state index is 0. The molecular weight excluding hydrogens is 679 g/mol. The zero-order chi connectivity index (χ0) is 27.8. The van der Waals surface area contributed by atoms with E-state index in [-0.39, 0.29) is 31.6 Å². The molecule has 6 aromatic rings. The summed E-state index contributed by atoms with van der Waals surface area (Å²) in [6, 6.07) is 22.1. The number of furan rings is 2. The molecule has 6 rings (SSSR count). The normalized spacial score (nSPS) is 11.4. The van der Waals surface area contributed by atoms with Gasteiger partial charge in [0.25, 0.3) is 0 Å². The Hall–Kier alpha value is -3.99. The van der Waals surface area contributed by atoms with E-state index in [1.807, 2.05) is 30.5 Å². The van der Waals surface area contributed by atoms with Crippen molar-refractivity contribution in [3.63, 3.8) is 0 Å². The number of fused-ring (bicyclic) bond motifs is 4. The molecule has 0 saturated heterocycles. The minimum atomic E-state index is -0.125. The standard InChI is InChI=1S/C29H22NO2.C5H8O2.Ir/c1-16-11-17(2)13-21(12-16)27-29-20(9-10-30-27)15-25(32-29)26-18(3)14-23-22-7-5-6-8-24(22)31-28(23)19(26)4;1-4(6)3-5(2)7;/h5-12,14-15H,1-4H3;3,6H,1-2H3;/q-1;;/b;4-3-;. The Kier molecular flexibility index (Phi) is 8.43. The number of para-hydroxylation sites is 1. The summed E-state index contributed by atoms with van der Waals surface area (Å²) in [4.78, 5) is 14.7. The number of aromatic nitrogens is 1. The quantitative estimate of drug-likeness (QED) is 0.113. The van der Waals surface area contributed by atoms with Gasteiger partial charge < -0.3 is 18.9 Å². The number of aryl methyl sites for hydroxylation is 4. The van der Waals surface area contributed by atoms with Gasteiger partial charge in [-0.1, -0.05) is 32.0 Å². The monoisotopic (exact) mass is 709 g/mol. The molecule has 0 saturated carbocycles. The Balaban J connectivity index is 0.000000413. The molecule has 0 unspecified atom stereocenters. The third kappa shape index (κ3) is 5.65. The van der Waals surface area contributed by atoms with Crippen molar-refractivity contribution in [2.45, 2.75) is 41.5 Å². The maximum absolute atomic E-state index is 10.0. The van der Waals surface area contributed by atoms with E-state index < -0.39 is 0 Å². The zero-order valence-electron chi connectivity index (χ0n) is 23.3. The molecule has 0 aliphatic heterocycles. The second-order valence-electron chi connectivity index (χ2n) is 10.0. The second-order valence-corrected chi connectivity index (χ2v) is 10.0. The first kappa shape index (κ1) is 29.0. The number of carbonyl (C=O) groups is 1. The van der Waals surface area contributed by atoms with E-state index in [0.717, 1.165) is 72.2 Å². The van der Waals surface area contributed by atoms with Crippen LogP contribution in [0.4, 0.5) is 0 Å². The van der Waals surface area contributed by atoms with Gasteiger partial charge in [0.2, 0.25) is 0 Å². The first-order valence-electron chi connectivity index (χ1n) is 12.8. The first-order valence-corrected chi connectivity index (χ1v) is 12.8. The Labute approximate surface area is 246 Å². The topological polar surface area (TPSA) is 76.5 Å². The summed E-state index contributed by atoms with van der Waals surface area (Å²) >= 11 is 0. The molecule has 3 heterocycles. The predicted molar refractivity (Wildman–Crippen MR) is 157 cm³/mol. The number of aliphatic hydroxyl groups is 1. The van der Waals surface area contributed by atoms with Gasteiger partial charge in [-0.25, -0.2) is 0 Å². The van der Waals surface area contributed by atoms with E-state index in [4.69, 9.17) is 13.9 Å². The van der Waals surface area contributed by atoms with Crippen LogP contribution in [0.5, 0.6) is 0 Å². The average molecular weight is 709 g/mol. The fraction of sp³-hybridized carbons (Fsp3) is 0.176. The van der Waals surface area contributed by atoms with E-state index in [1.54, 1.807) is 0 Å². The van der Waals surface area contributed by atoms with Gasteiger partial charge in [-0.05, 0) is 57.5 Å². The van der Waals surface area contributed by atoms with Gasteiger partial charge in [0.15, 0.2) is 5.78 Å². The molecule has 3 aromatic heterocycles. The molecule has 0 aliphatic rings. The number of nitrogens with zero attached hydrogens (tertiary/aromatic N) is 1. The van der Waals surface area contributed by atoms with Crippen molar-refractivity contribution in [1.82, 2.24) is 4.98 Å². The fourth-order valence-electron chi connectivity index (χ4n) is 5.16. The average Bonchev–Trinajstić information content (AvgIpc) is 3.45. The van der Waals surface area contributed by atoms with Crippen LogP contribution in [-0.2, 0) is 24.9 Å². The molecule has 1 radical (unpaired) electrons. The smallest absolute Gasteiger partial charge is 0.155 e. The van der Waals surface area contributed by atoms with E-state index in [0.29, 0.717) is 0 Å². The molecule has 5 nitrogen and oxygen atoms in total. The van der Waals surface area contributed by atoms with Crippen LogP contribution < -0.4 is 0 Å². The third-order valence-corrected chi connectivity index (χ3v) is 6.60. The van der Waals surface area contributed by atoms with Crippen molar-refractivity contribution in [3.8, 4) is 22.6 Å². The van der Waals surface area contributed by atoms with Gasteiger partial charge >= 0.3 is 0 Å². The zero-order valence-corrected chi connectivity index (χ0v) is 25.7. The second kappa shape index (κ2) is 11.6. The molecule has 0 fully saturated rings. The number of ketones is 1. The Morgan fingerprint density at radius 3 is 2.35 bits per heavy atom. The largest absolute Gasteiger partial charge is 0.512 e. The van der Waals surface area contributed by atoms with Gasteiger partial charge in [0, 0.05) is 65.4 Å². The van der Waals surface area contributed by atoms with E-state index in [9.17, 15) is 4.79 Å². The van der Waals surface area contributed by atoms with Gasteiger partial charge in [-0.2, -0.15) is 0 Å². The number of rotatable bonds is 3. The molecule has 6 heteroatoms. The maximum Gasteiger partial charge on any atom is 0.155 e. The number of pyridine rings is 1. The molecular formula is C34H30IrNO4-. The van der Waals surface area contributed by atoms with Crippen LogP contribution in [0.2, 0.25) is 0 Å². The van der Waals surface area contributed by atoms with Crippen molar-refractivity contribution in [2.75, 3.05) is 0 Å². The Morgan fingerprint density at radius 2 is 1.68 bits per heavy atom. The fourth-order valence-corrected chi connectivity index (χ4v) is 5.16. The van der Waals surface area contributed by atoms with Crippen molar-refractivity contribution >= 4 is 38.7 Å². The molecule has 40 heavy (non-hydrogen) atoms. The van der Waals surface area contributed by atoms with Crippen LogP contribution in [0, 0.1) is 33.8 Å². The summed E-state index contributed by atoms with van der Waals surface area (Å²) in [6.45, 7) is 11.2. The summed E-state index contributed by atoms with van der Waals surface area (Å²) < 4.78 is 12.7. The minimum Gasteiger partial charge on any atom is -0.512 e. The third-order valence-electron chi connectivity index (χ3n) is 6.60. The van der Waals surface area contributed by atoms with Crippen molar-refractivity contribution in [3.05, 3.63) is 101 Å². The Morgan fingerprint density at radius 1 is 0.925 bits per heavy atom. The predicted octanol–water partition coefficient (Wildman–Crippen LogP) is 9.13. The molecule has 1 N–H and O–H groups in total. The van der Waals surface area contributed by atoms with Crippen molar-refractivity contribution in [2.24, 2.45) is 0 Å². The summed E-state index contributed by atoms with van der Waals surface area (Å²) in [5.74, 6) is 0.767. The number of hydrogen-bond donors (Lipinski definition) is 1. The van der Waals surface area contributed by atoms with E-state index in [1.165, 1.54) is 25.5 Å². The van der Waals surface area contributed by atoms with Gasteiger partial charge in [-0.15, -0.1) is 34.9 Å². The summed E-state index contributed by atoms with van der Waals surface area (Å²) in [5.41, 5.74) is 9.97. The summed E-state index contributed by atoms with van der Waals surface area (Å²) in [6.07, 6.45) is 3.00. The van der Waals surface area contributed by atoms with Gasteiger partial charge in [0.05, 0.1) is 5.76 Å². The molecule has 0 atom stereocenters. The molecule has 205 valence electrons. The summed E-state index contributed by atoms with van der Waals surface area (Å²) in [5, 5.41) is 11.7. The van der Waals surface area contributed by atoms with Crippen LogP contribution >= 0.6 is 0 Å². The maximum atomic E-state index is 10.0. The van der Waals surface area contributed by atoms with Gasteiger partial charge in [0.1, 0.15) is 22.5 Å². The number of benzene rings is 3. The molecule has 3 aromatic carbocycles. The number of carbonyl (C=O) groups excluding carboxylic acids is 1. The SMILES string of the molecule is CC(=O)/C=C(/C)O.Cc1[c-]c(-c2nccc3cc(-c4c(C)cc5c(oc6ccccc65)c4C)oc23)cc(C)c1.[Ir]. The number of allylic oxidation sites excluding steroid dienone is 2. The number of aliphatic hydroxyl groups excluding tert-OH is 1. The van der Waals surface area contributed by atoms with E-state index in [2.05, 4.69) is 69.1 Å². The first-order chi connectivity index (χ1) is 18.6. The van der Waals surface area contributed by atoms with E-state index >= 15 is 0 Å². The molecule has 0 aliphatic carbocycles. The molecule has 0 spiro atoms. The van der Waals surface area contributed by atoms with Gasteiger partial charge in [-0.3, -0.25) is 4.79 Å². The van der Waals surface area contributed by atoms with Crippen LogP contribution in [0.1, 0.15) is 36.1 Å². The van der Waals surface area contributed by atoms with Crippen LogP contribution in [0.3, 0.4) is 0 Å². The summed E-state index contributed by atoms with van der Waals surface area (Å²) in [7, 11) is 0. The van der Waals surface area contributed by atoms with Crippen molar-refractivity contribution < 1.29 is 38.8 Å². The number of hydrogen-bond acceptors (Lipinski definition) is 5. The molecule has 0 bridgehead atoms. The van der Waals surface area contributed by atoms with Crippen molar-refractivity contribution in [1.29, 1.82) is 0 Å². The Bertz CT molecular complexity index is 1880.